The normalized spacial score (nSPS) is 19.3. The van der Waals surface area contributed by atoms with Crippen LogP contribution in [-0.4, -0.2) is 46.7 Å². The predicted octanol–water partition coefficient (Wildman–Crippen LogP) is 1.63. The molecule has 0 bridgehead atoms. The van der Waals surface area contributed by atoms with Crippen LogP contribution in [0.2, 0.25) is 0 Å². The summed E-state index contributed by atoms with van der Waals surface area (Å²) in [7, 11) is 0. The van der Waals surface area contributed by atoms with Gasteiger partial charge >= 0.3 is 6.09 Å². The minimum absolute atomic E-state index is 0.0342. The van der Waals surface area contributed by atoms with Crippen molar-refractivity contribution in [3.8, 4) is 6.07 Å². The molecular weight excluding hydrogens is 268 g/mol. The third-order valence-corrected chi connectivity index (χ3v) is 4.04. The molecule has 1 amide bonds. The van der Waals surface area contributed by atoms with Crippen molar-refractivity contribution >= 4 is 11.8 Å². The number of carboxylic acid groups (broad SMARTS) is 1. The quantitative estimate of drug-likeness (QED) is 0.807. The number of nitrogens with zero attached hydrogens (tertiary/aromatic N) is 3. The Bertz CT molecular complexity index is 594. The molecule has 0 spiro atoms. The largest absolute Gasteiger partial charge is 0.465 e. The van der Waals surface area contributed by atoms with Gasteiger partial charge in [0, 0.05) is 37.9 Å². The third-order valence-electron chi connectivity index (χ3n) is 4.04. The number of nitriles is 1. The maximum absolute atomic E-state index is 11.1. The topological polar surface area (TPSA) is 93.6 Å². The zero-order valence-corrected chi connectivity index (χ0v) is 12.3. The second-order valence-electron chi connectivity index (χ2n) is 5.52. The zero-order chi connectivity index (χ0) is 15.6. The Kier molecular flexibility index (Phi) is 4.34. The highest BCUT2D eigenvalue weighted by Gasteiger charge is 2.27. The molecule has 1 aliphatic rings. The van der Waals surface area contributed by atoms with Crippen LogP contribution in [0.3, 0.4) is 0 Å². The van der Waals surface area contributed by atoms with E-state index >= 15 is 0 Å². The third kappa shape index (κ3) is 3.26. The summed E-state index contributed by atoms with van der Waals surface area (Å²) in [6.45, 7) is 6.41. The van der Waals surface area contributed by atoms with E-state index in [4.69, 9.17) is 16.1 Å². The lowest BCUT2D eigenvalue weighted by Crippen LogP contribution is -2.53. The minimum Gasteiger partial charge on any atom is -0.465 e. The van der Waals surface area contributed by atoms with E-state index in [1.165, 1.54) is 4.90 Å². The van der Waals surface area contributed by atoms with Crippen molar-refractivity contribution in [1.82, 2.24) is 9.80 Å². The Balaban J connectivity index is 2.12. The first-order valence-electron chi connectivity index (χ1n) is 6.93. The highest BCUT2D eigenvalue weighted by atomic mass is 16.4. The molecule has 3 N–H and O–H groups in total. The lowest BCUT2D eigenvalue weighted by Gasteiger charge is -2.38. The molecule has 1 aromatic carbocycles. The van der Waals surface area contributed by atoms with Gasteiger partial charge in [-0.25, -0.2) is 4.79 Å². The molecule has 0 unspecified atom stereocenters. The van der Waals surface area contributed by atoms with Gasteiger partial charge in [0.15, 0.2) is 0 Å². The van der Waals surface area contributed by atoms with Crippen LogP contribution < -0.4 is 5.73 Å². The van der Waals surface area contributed by atoms with Crippen LogP contribution in [0.1, 0.15) is 23.6 Å². The van der Waals surface area contributed by atoms with Crippen molar-refractivity contribution in [1.29, 1.82) is 5.26 Å². The number of nitrogens with two attached hydrogens (primary N) is 1. The van der Waals surface area contributed by atoms with Crippen molar-refractivity contribution in [2.24, 2.45) is 0 Å². The molecule has 1 heterocycles. The first-order valence-corrected chi connectivity index (χ1v) is 6.93. The van der Waals surface area contributed by atoms with Crippen LogP contribution >= 0.6 is 0 Å². The van der Waals surface area contributed by atoms with Crippen molar-refractivity contribution in [2.75, 3.05) is 25.4 Å². The fourth-order valence-corrected chi connectivity index (χ4v) is 2.73. The van der Waals surface area contributed by atoms with Gasteiger partial charge in [-0.2, -0.15) is 5.26 Å². The number of amides is 1. The summed E-state index contributed by atoms with van der Waals surface area (Å²) in [5.74, 6) is 0. The predicted molar refractivity (Wildman–Crippen MR) is 79.8 cm³/mol. The smallest absolute Gasteiger partial charge is 0.407 e. The van der Waals surface area contributed by atoms with Crippen molar-refractivity contribution in [2.45, 2.75) is 26.4 Å². The molecule has 0 aliphatic carbocycles. The Morgan fingerprint density at radius 3 is 2.81 bits per heavy atom. The van der Waals surface area contributed by atoms with Crippen molar-refractivity contribution in [3.05, 3.63) is 28.8 Å². The van der Waals surface area contributed by atoms with Gasteiger partial charge in [0.05, 0.1) is 11.6 Å². The van der Waals surface area contributed by atoms with Gasteiger partial charge in [-0.05, 0) is 37.1 Å². The molecular formula is C15H20N4O2. The van der Waals surface area contributed by atoms with Crippen LogP contribution in [0.15, 0.2) is 12.1 Å². The van der Waals surface area contributed by atoms with Gasteiger partial charge in [-0.15, -0.1) is 0 Å². The van der Waals surface area contributed by atoms with E-state index in [2.05, 4.69) is 11.0 Å². The maximum Gasteiger partial charge on any atom is 0.407 e. The van der Waals surface area contributed by atoms with E-state index in [-0.39, 0.29) is 6.04 Å². The van der Waals surface area contributed by atoms with Gasteiger partial charge < -0.3 is 15.7 Å². The summed E-state index contributed by atoms with van der Waals surface area (Å²) in [5, 5.41) is 18.1. The highest BCUT2D eigenvalue weighted by molar-refractivity contribution is 5.65. The van der Waals surface area contributed by atoms with E-state index < -0.39 is 6.09 Å². The van der Waals surface area contributed by atoms with Gasteiger partial charge in [-0.1, -0.05) is 0 Å². The monoisotopic (exact) mass is 288 g/mol. The molecule has 0 aromatic heterocycles. The summed E-state index contributed by atoms with van der Waals surface area (Å²) in [4.78, 5) is 14.7. The van der Waals surface area contributed by atoms with E-state index in [1.54, 1.807) is 6.07 Å². The van der Waals surface area contributed by atoms with Crippen LogP contribution in [-0.2, 0) is 6.54 Å². The standard InChI is InChI=1S/C15H20N4O2/c1-10-8-18(3-4-19(10)15(20)21)9-13-5-12(7-16)6-14(17)11(13)2/h5-6,10H,3-4,8-9,17H2,1-2H3,(H,20,21)/t10-/m0/s1. The fourth-order valence-electron chi connectivity index (χ4n) is 2.73. The molecule has 21 heavy (non-hydrogen) atoms. The second kappa shape index (κ2) is 6.02. The first kappa shape index (κ1) is 15.1. The van der Waals surface area contributed by atoms with Gasteiger partial charge in [-0.3, -0.25) is 4.90 Å². The molecule has 1 aliphatic heterocycles. The zero-order valence-electron chi connectivity index (χ0n) is 12.3. The number of hydrogen-bond donors (Lipinski definition) is 2. The summed E-state index contributed by atoms with van der Waals surface area (Å²) in [5.41, 5.74) is 9.14. The average Bonchev–Trinajstić information content (AvgIpc) is 2.43. The molecule has 6 heteroatoms. The highest BCUT2D eigenvalue weighted by Crippen LogP contribution is 2.21. The van der Waals surface area contributed by atoms with Crippen LogP contribution in [0.4, 0.5) is 10.5 Å². The lowest BCUT2D eigenvalue weighted by atomic mass is 10.0. The Hall–Kier alpha value is -2.26. The van der Waals surface area contributed by atoms with Crippen LogP contribution in [0.25, 0.3) is 0 Å². The SMILES string of the molecule is Cc1c(N)cc(C#N)cc1CN1CCN(C(=O)O)[C@@H](C)C1. The lowest BCUT2D eigenvalue weighted by molar-refractivity contribution is 0.0710. The van der Waals surface area contributed by atoms with E-state index in [9.17, 15) is 4.79 Å². The molecule has 1 fully saturated rings. The number of rotatable bonds is 2. The summed E-state index contributed by atoms with van der Waals surface area (Å²) >= 11 is 0. The first-order chi connectivity index (χ1) is 9.92. The average molecular weight is 288 g/mol. The number of piperazine rings is 1. The van der Waals surface area contributed by atoms with E-state index in [0.717, 1.165) is 11.1 Å². The van der Waals surface area contributed by atoms with E-state index in [1.807, 2.05) is 19.9 Å². The summed E-state index contributed by atoms with van der Waals surface area (Å²) < 4.78 is 0. The van der Waals surface area contributed by atoms with Crippen LogP contribution in [0, 0.1) is 18.3 Å². The number of carbonyl (C=O) groups is 1. The molecule has 0 saturated carbocycles. The van der Waals surface area contributed by atoms with E-state index in [0.29, 0.717) is 37.4 Å². The Labute approximate surface area is 124 Å². The molecule has 1 aromatic rings. The second-order valence-corrected chi connectivity index (χ2v) is 5.52. The fraction of sp³-hybridized carbons (Fsp3) is 0.467. The Morgan fingerprint density at radius 1 is 1.52 bits per heavy atom. The molecule has 0 radical (unpaired) electrons. The van der Waals surface area contributed by atoms with Gasteiger partial charge in [0.1, 0.15) is 0 Å². The van der Waals surface area contributed by atoms with Gasteiger partial charge in [0.2, 0.25) is 0 Å². The molecule has 6 nitrogen and oxygen atoms in total. The number of benzene rings is 1. The minimum atomic E-state index is -0.867. The number of anilines is 1. The van der Waals surface area contributed by atoms with Crippen LogP contribution in [0.5, 0.6) is 0 Å². The molecule has 1 saturated heterocycles. The summed E-state index contributed by atoms with van der Waals surface area (Å²) in [6, 6.07) is 5.63. The molecule has 2 rings (SSSR count). The van der Waals surface area contributed by atoms with Crippen molar-refractivity contribution < 1.29 is 9.90 Å². The number of hydrogen-bond acceptors (Lipinski definition) is 4. The molecule has 112 valence electrons. The number of nitrogen functional groups attached to an aromatic ring is 1. The summed E-state index contributed by atoms with van der Waals surface area (Å²) in [6.07, 6.45) is -0.867. The van der Waals surface area contributed by atoms with Crippen molar-refractivity contribution in [3.63, 3.8) is 0 Å². The van der Waals surface area contributed by atoms with Gasteiger partial charge in [0.25, 0.3) is 0 Å². The molecule has 1 atom stereocenters. The Morgan fingerprint density at radius 2 is 2.24 bits per heavy atom. The maximum atomic E-state index is 11.1.